The number of hydrogen-bond donors (Lipinski definition) is 2. The number of nitrogens with one attached hydrogen (secondary N) is 1. The molecule has 0 saturated carbocycles. The molecule has 3 rings (SSSR count). The van der Waals surface area contributed by atoms with Crippen molar-refractivity contribution in [2.24, 2.45) is 5.92 Å². The summed E-state index contributed by atoms with van der Waals surface area (Å²) in [4.78, 5) is 38.0. The van der Waals surface area contributed by atoms with Gasteiger partial charge >= 0.3 is 5.97 Å². The first-order chi connectivity index (χ1) is 13.4. The van der Waals surface area contributed by atoms with E-state index in [1.807, 2.05) is 13.8 Å². The fraction of sp³-hybridized carbons (Fsp3) is 0.474. The van der Waals surface area contributed by atoms with E-state index in [1.165, 1.54) is 18.7 Å². The van der Waals surface area contributed by atoms with Gasteiger partial charge in [0.2, 0.25) is 5.91 Å². The van der Waals surface area contributed by atoms with E-state index in [1.54, 1.807) is 21.7 Å². The topological polar surface area (TPSA) is 118 Å². The third-order valence-electron chi connectivity index (χ3n) is 4.96. The molecule has 0 radical (unpaired) electrons. The van der Waals surface area contributed by atoms with Crippen molar-refractivity contribution in [3.8, 4) is 0 Å². The molecule has 2 N–H and O–H groups in total. The fourth-order valence-corrected chi connectivity index (χ4v) is 3.33. The van der Waals surface area contributed by atoms with Crippen LogP contribution in [-0.4, -0.2) is 56.7 Å². The summed E-state index contributed by atoms with van der Waals surface area (Å²) >= 11 is 0. The van der Waals surface area contributed by atoms with Crippen LogP contribution in [-0.2, 0) is 4.79 Å². The number of hydrogen-bond acceptors (Lipinski definition) is 5. The predicted octanol–water partition coefficient (Wildman–Crippen LogP) is 1.79. The van der Waals surface area contributed by atoms with Crippen LogP contribution in [0.4, 0.5) is 0 Å². The lowest BCUT2D eigenvalue weighted by atomic mass is 9.99. The van der Waals surface area contributed by atoms with E-state index in [0.717, 1.165) is 0 Å². The first kappa shape index (κ1) is 19.7. The molecule has 0 aliphatic carbocycles. The van der Waals surface area contributed by atoms with Gasteiger partial charge < -0.3 is 19.7 Å². The molecule has 9 nitrogen and oxygen atoms in total. The Kier molecular flexibility index (Phi) is 5.81. The highest BCUT2D eigenvalue weighted by molar-refractivity contribution is 5.95. The molecular weight excluding hydrogens is 364 g/mol. The van der Waals surface area contributed by atoms with Crippen molar-refractivity contribution >= 4 is 17.8 Å². The summed E-state index contributed by atoms with van der Waals surface area (Å²) in [6.45, 7) is 4.81. The van der Waals surface area contributed by atoms with Crippen LogP contribution in [0.3, 0.4) is 0 Å². The predicted molar refractivity (Wildman–Crippen MR) is 98.8 cm³/mol. The zero-order valence-electron chi connectivity index (χ0n) is 15.9. The third-order valence-corrected chi connectivity index (χ3v) is 4.96. The summed E-state index contributed by atoms with van der Waals surface area (Å²) in [5.41, 5.74) is 0.152. The van der Waals surface area contributed by atoms with Crippen molar-refractivity contribution < 1.29 is 23.9 Å². The van der Waals surface area contributed by atoms with Crippen molar-refractivity contribution in [1.82, 2.24) is 20.0 Å². The van der Waals surface area contributed by atoms with E-state index in [0.29, 0.717) is 25.9 Å². The lowest BCUT2D eigenvalue weighted by molar-refractivity contribution is -0.135. The van der Waals surface area contributed by atoms with E-state index in [9.17, 15) is 14.4 Å². The summed E-state index contributed by atoms with van der Waals surface area (Å²) in [5.74, 6) is -1.45. The van der Waals surface area contributed by atoms with Crippen molar-refractivity contribution in [3.05, 3.63) is 42.1 Å². The molecule has 3 heterocycles. The average molecular weight is 388 g/mol. The number of carboxylic acids is 1. The number of furan rings is 1. The second kappa shape index (κ2) is 8.28. The molecular formula is C19H24N4O5. The SMILES string of the molecule is CC(C)C(NC(=O)c1ccco1)C(=O)N1CCC(n2cc(C(=O)O)cn2)CC1. The summed E-state index contributed by atoms with van der Waals surface area (Å²) < 4.78 is 6.75. The number of rotatable bonds is 6. The van der Waals surface area contributed by atoms with Crippen LogP contribution in [0.2, 0.25) is 0 Å². The number of carbonyl (C=O) groups is 3. The van der Waals surface area contributed by atoms with Crippen LogP contribution in [0.15, 0.2) is 35.2 Å². The lowest BCUT2D eigenvalue weighted by Crippen LogP contribution is -2.53. The van der Waals surface area contributed by atoms with Gasteiger partial charge in [0.05, 0.1) is 24.1 Å². The van der Waals surface area contributed by atoms with Crippen molar-refractivity contribution in [2.45, 2.75) is 38.8 Å². The lowest BCUT2D eigenvalue weighted by Gasteiger charge is -2.35. The molecule has 1 atom stereocenters. The molecule has 0 aromatic carbocycles. The minimum absolute atomic E-state index is 0.0485. The van der Waals surface area contributed by atoms with Crippen molar-refractivity contribution in [1.29, 1.82) is 0 Å². The highest BCUT2D eigenvalue weighted by atomic mass is 16.4. The van der Waals surface area contributed by atoms with Crippen LogP contribution in [0.5, 0.6) is 0 Å². The number of amides is 2. The number of piperidine rings is 1. The highest BCUT2D eigenvalue weighted by Gasteiger charge is 2.32. The fourth-order valence-electron chi connectivity index (χ4n) is 3.33. The van der Waals surface area contributed by atoms with E-state index in [2.05, 4.69) is 10.4 Å². The summed E-state index contributed by atoms with van der Waals surface area (Å²) in [5, 5.41) is 15.9. The molecule has 2 aromatic rings. The number of nitrogens with zero attached hydrogens (tertiary/aromatic N) is 3. The first-order valence-electron chi connectivity index (χ1n) is 9.27. The van der Waals surface area contributed by atoms with Crippen LogP contribution >= 0.6 is 0 Å². The number of carbonyl (C=O) groups excluding carboxylic acids is 2. The Hall–Kier alpha value is -3.10. The van der Waals surface area contributed by atoms with Gasteiger partial charge in [-0.1, -0.05) is 13.8 Å². The van der Waals surface area contributed by atoms with Crippen LogP contribution in [0.1, 0.15) is 53.6 Å². The van der Waals surface area contributed by atoms with Gasteiger partial charge in [0.25, 0.3) is 5.91 Å². The van der Waals surface area contributed by atoms with Gasteiger partial charge in [0, 0.05) is 19.3 Å². The number of likely N-dealkylation sites (tertiary alicyclic amines) is 1. The molecule has 1 fully saturated rings. The second-order valence-corrected chi connectivity index (χ2v) is 7.24. The first-order valence-corrected chi connectivity index (χ1v) is 9.27. The maximum absolute atomic E-state index is 13.0. The Bertz CT molecular complexity index is 834. The zero-order valence-corrected chi connectivity index (χ0v) is 15.9. The van der Waals surface area contributed by atoms with E-state index in [4.69, 9.17) is 9.52 Å². The molecule has 28 heavy (non-hydrogen) atoms. The number of aromatic carboxylic acids is 1. The molecule has 1 aliphatic rings. The normalized spacial score (nSPS) is 16.2. The maximum Gasteiger partial charge on any atom is 0.338 e. The van der Waals surface area contributed by atoms with Gasteiger partial charge in [0.15, 0.2) is 5.76 Å². The number of carboxylic acid groups (broad SMARTS) is 1. The largest absolute Gasteiger partial charge is 0.478 e. The third kappa shape index (κ3) is 4.24. The van der Waals surface area contributed by atoms with E-state index in [-0.39, 0.29) is 29.2 Å². The standard InChI is InChI=1S/C19H24N4O5/c1-12(2)16(21-17(24)15-4-3-9-28-15)18(25)22-7-5-14(6-8-22)23-11-13(10-20-23)19(26)27/h3-4,9-12,14,16H,5-8H2,1-2H3,(H,21,24)(H,26,27). The average Bonchev–Trinajstić information content (AvgIpc) is 3.37. The Labute approximate surface area is 162 Å². The molecule has 2 aromatic heterocycles. The van der Waals surface area contributed by atoms with Gasteiger partial charge in [-0.15, -0.1) is 0 Å². The van der Waals surface area contributed by atoms with Gasteiger partial charge in [-0.2, -0.15) is 5.10 Å². The van der Waals surface area contributed by atoms with Gasteiger partial charge in [-0.3, -0.25) is 14.3 Å². The van der Waals surface area contributed by atoms with Gasteiger partial charge in [-0.05, 0) is 30.9 Å². The smallest absolute Gasteiger partial charge is 0.338 e. The molecule has 1 aliphatic heterocycles. The summed E-state index contributed by atoms with van der Waals surface area (Å²) in [6, 6.07) is 2.58. The minimum Gasteiger partial charge on any atom is -0.478 e. The van der Waals surface area contributed by atoms with Gasteiger partial charge in [0.1, 0.15) is 6.04 Å². The van der Waals surface area contributed by atoms with Gasteiger partial charge in [-0.25, -0.2) is 4.79 Å². The Morgan fingerprint density at radius 3 is 2.54 bits per heavy atom. The van der Waals surface area contributed by atoms with E-state index >= 15 is 0 Å². The molecule has 9 heteroatoms. The molecule has 1 saturated heterocycles. The molecule has 0 bridgehead atoms. The monoisotopic (exact) mass is 388 g/mol. The highest BCUT2D eigenvalue weighted by Crippen LogP contribution is 2.23. The quantitative estimate of drug-likeness (QED) is 0.779. The summed E-state index contributed by atoms with van der Waals surface area (Å²) in [6.07, 6.45) is 5.60. The minimum atomic E-state index is -1.01. The zero-order chi connectivity index (χ0) is 20.3. The van der Waals surface area contributed by atoms with Crippen LogP contribution in [0.25, 0.3) is 0 Å². The molecule has 1 unspecified atom stereocenters. The van der Waals surface area contributed by atoms with E-state index < -0.39 is 17.9 Å². The molecule has 0 spiro atoms. The Balaban J connectivity index is 1.60. The summed E-state index contributed by atoms with van der Waals surface area (Å²) in [7, 11) is 0. The second-order valence-electron chi connectivity index (χ2n) is 7.24. The van der Waals surface area contributed by atoms with Crippen LogP contribution in [0, 0.1) is 5.92 Å². The maximum atomic E-state index is 13.0. The van der Waals surface area contributed by atoms with Crippen LogP contribution < -0.4 is 5.32 Å². The van der Waals surface area contributed by atoms with Crippen molar-refractivity contribution in [3.63, 3.8) is 0 Å². The number of aromatic nitrogens is 2. The Morgan fingerprint density at radius 2 is 2.00 bits per heavy atom. The Morgan fingerprint density at radius 1 is 1.29 bits per heavy atom. The van der Waals surface area contributed by atoms with Crippen molar-refractivity contribution in [2.75, 3.05) is 13.1 Å². The molecule has 150 valence electrons. The molecule has 2 amide bonds.